The van der Waals surface area contributed by atoms with Crippen LogP contribution in [0.15, 0.2) is 35.6 Å². The summed E-state index contributed by atoms with van der Waals surface area (Å²) in [6.45, 7) is 6.08. The molecule has 0 saturated heterocycles. The Morgan fingerprint density at radius 1 is 1.14 bits per heavy atom. The van der Waals surface area contributed by atoms with Crippen molar-refractivity contribution in [3.8, 4) is 11.3 Å². The number of fused-ring (bicyclic) bond motifs is 1. The van der Waals surface area contributed by atoms with Crippen LogP contribution < -0.4 is 0 Å². The van der Waals surface area contributed by atoms with E-state index in [0.29, 0.717) is 22.2 Å². The number of aryl methyl sites for hydroxylation is 3. The Hall–Kier alpha value is -2.20. The van der Waals surface area contributed by atoms with Crippen LogP contribution in [0.2, 0.25) is 5.02 Å². The maximum atomic E-state index is 11.3. The number of benzene rings is 1. The largest absolute Gasteiger partial charge is 0.281 e. The highest BCUT2D eigenvalue weighted by atomic mass is 35.5. The van der Waals surface area contributed by atoms with E-state index in [1.807, 2.05) is 20.8 Å². The fourth-order valence-corrected chi connectivity index (χ4v) is 2.97. The molecule has 0 aliphatic carbocycles. The normalized spacial score (nSPS) is 11.0. The number of rotatable bonds is 2. The lowest BCUT2D eigenvalue weighted by Crippen LogP contribution is -1.90. The van der Waals surface area contributed by atoms with E-state index < -0.39 is 0 Å². The van der Waals surface area contributed by atoms with E-state index in [1.54, 1.807) is 22.7 Å². The molecule has 0 saturated carbocycles. The molecule has 106 valence electrons. The van der Waals surface area contributed by atoms with Crippen LogP contribution >= 0.6 is 11.6 Å². The number of halogens is 1. The molecule has 0 atom stereocenters. The minimum Gasteiger partial charge on any atom is -0.281 e. The highest BCUT2D eigenvalue weighted by Gasteiger charge is 2.18. The molecule has 2 heterocycles. The maximum Gasteiger partial charge on any atom is 0.209 e. The van der Waals surface area contributed by atoms with Crippen molar-refractivity contribution in [2.24, 2.45) is 5.18 Å². The lowest BCUT2D eigenvalue weighted by atomic mass is 9.97. The first-order valence-electron chi connectivity index (χ1n) is 6.60. The monoisotopic (exact) mass is 299 g/mol. The first-order chi connectivity index (χ1) is 10.0. The molecular formula is C16H14ClN3O. The summed E-state index contributed by atoms with van der Waals surface area (Å²) in [5.74, 6) is 0.303. The summed E-state index contributed by atoms with van der Waals surface area (Å²) in [6, 6.07) is 7.59. The van der Waals surface area contributed by atoms with Gasteiger partial charge in [0.05, 0.1) is 0 Å². The molecular weight excluding hydrogens is 286 g/mol. The molecule has 0 spiro atoms. The van der Waals surface area contributed by atoms with Crippen molar-refractivity contribution >= 4 is 23.1 Å². The van der Waals surface area contributed by atoms with Gasteiger partial charge >= 0.3 is 0 Å². The SMILES string of the molecule is Cc1cc(C)c(-c2nc3cc(Cl)ccn3c2N=O)c(C)c1. The van der Waals surface area contributed by atoms with Crippen LogP contribution in [0, 0.1) is 25.7 Å². The number of aromatic nitrogens is 2. The second-order valence-electron chi connectivity index (χ2n) is 5.22. The van der Waals surface area contributed by atoms with Gasteiger partial charge in [-0.05, 0) is 43.1 Å². The zero-order valence-corrected chi connectivity index (χ0v) is 12.8. The van der Waals surface area contributed by atoms with Crippen molar-refractivity contribution in [2.45, 2.75) is 20.8 Å². The first kappa shape index (κ1) is 13.8. The van der Waals surface area contributed by atoms with Gasteiger partial charge in [-0.1, -0.05) is 29.3 Å². The Morgan fingerprint density at radius 3 is 2.43 bits per heavy atom. The molecule has 0 radical (unpaired) electrons. The van der Waals surface area contributed by atoms with E-state index in [4.69, 9.17) is 11.6 Å². The van der Waals surface area contributed by atoms with Gasteiger partial charge in [0.15, 0.2) is 0 Å². The second kappa shape index (κ2) is 4.97. The Morgan fingerprint density at radius 2 is 1.81 bits per heavy atom. The van der Waals surface area contributed by atoms with E-state index in [1.165, 1.54) is 5.56 Å². The Balaban J connectivity index is 2.38. The fourth-order valence-electron chi connectivity index (χ4n) is 2.82. The van der Waals surface area contributed by atoms with Crippen molar-refractivity contribution < 1.29 is 0 Å². The summed E-state index contributed by atoms with van der Waals surface area (Å²) in [5, 5.41) is 3.75. The molecule has 0 aliphatic rings. The minimum atomic E-state index is 0.303. The lowest BCUT2D eigenvalue weighted by Gasteiger charge is -2.09. The standard InChI is InChI=1S/C16H14ClN3O/c1-9-6-10(2)14(11(3)7-9)15-16(19-21)20-5-4-12(17)8-13(20)18-15/h4-8H,1-3H3. The zero-order chi connectivity index (χ0) is 15.1. The van der Waals surface area contributed by atoms with Crippen molar-refractivity contribution in [2.75, 3.05) is 0 Å². The highest BCUT2D eigenvalue weighted by molar-refractivity contribution is 6.30. The van der Waals surface area contributed by atoms with E-state index in [-0.39, 0.29) is 0 Å². The fraction of sp³-hybridized carbons (Fsp3) is 0.188. The van der Waals surface area contributed by atoms with Crippen LogP contribution in [0.1, 0.15) is 16.7 Å². The number of nitroso groups, excluding NO2 is 1. The minimum absolute atomic E-state index is 0.303. The van der Waals surface area contributed by atoms with Crippen LogP contribution in [0.3, 0.4) is 0 Å². The zero-order valence-electron chi connectivity index (χ0n) is 12.0. The van der Waals surface area contributed by atoms with Gasteiger partial charge in [-0.25, -0.2) is 4.98 Å². The molecule has 0 amide bonds. The average Bonchev–Trinajstić information content (AvgIpc) is 2.74. The topological polar surface area (TPSA) is 46.7 Å². The van der Waals surface area contributed by atoms with Gasteiger partial charge in [0.2, 0.25) is 5.82 Å². The molecule has 0 unspecified atom stereocenters. The summed E-state index contributed by atoms with van der Waals surface area (Å²) >= 11 is 5.99. The van der Waals surface area contributed by atoms with Crippen molar-refractivity contribution in [1.82, 2.24) is 9.38 Å². The van der Waals surface area contributed by atoms with Gasteiger partial charge in [-0.15, -0.1) is 4.91 Å². The van der Waals surface area contributed by atoms with E-state index in [9.17, 15) is 4.91 Å². The van der Waals surface area contributed by atoms with Crippen LogP contribution in [0.4, 0.5) is 5.82 Å². The van der Waals surface area contributed by atoms with Gasteiger partial charge in [0, 0.05) is 22.8 Å². The molecule has 0 aliphatic heterocycles. The third kappa shape index (κ3) is 2.21. The molecule has 3 aromatic rings. The number of imidazole rings is 1. The van der Waals surface area contributed by atoms with Gasteiger partial charge in [-0.2, -0.15) is 0 Å². The van der Waals surface area contributed by atoms with Crippen LogP contribution in [0.5, 0.6) is 0 Å². The van der Waals surface area contributed by atoms with Crippen LogP contribution in [-0.4, -0.2) is 9.38 Å². The predicted octanol–water partition coefficient (Wildman–Crippen LogP) is 4.98. The quantitative estimate of drug-likeness (QED) is 0.627. The number of hydrogen-bond donors (Lipinski definition) is 0. The van der Waals surface area contributed by atoms with E-state index in [2.05, 4.69) is 22.3 Å². The average molecular weight is 300 g/mol. The van der Waals surface area contributed by atoms with E-state index in [0.717, 1.165) is 16.7 Å². The molecule has 2 aromatic heterocycles. The summed E-state index contributed by atoms with van der Waals surface area (Å²) in [5.41, 5.74) is 5.50. The summed E-state index contributed by atoms with van der Waals surface area (Å²) < 4.78 is 1.66. The molecule has 0 bridgehead atoms. The Bertz CT molecular complexity index is 844. The predicted molar refractivity (Wildman–Crippen MR) is 85.3 cm³/mol. The van der Waals surface area contributed by atoms with Gasteiger partial charge in [0.25, 0.3) is 0 Å². The summed E-state index contributed by atoms with van der Waals surface area (Å²) in [6.07, 6.45) is 1.71. The molecule has 0 fully saturated rings. The third-order valence-electron chi connectivity index (χ3n) is 3.56. The molecule has 1 aromatic carbocycles. The van der Waals surface area contributed by atoms with Gasteiger partial charge in [-0.3, -0.25) is 4.40 Å². The van der Waals surface area contributed by atoms with E-state index >= 15 is 0 Å². The highest BCUT2D eigenvalue weighted by Crippen LogP contribution is 2.35. The number of hydrogen-bond acceptors (Lipinski definition) is 3. The van der Waals surface area contributed by atoms with Crippen LogP contribution in [0.25, 0.3) is 16.9 Å². The van der Waals surface area contributed by atoms with Gasteiger partial charge in [0.1, 0.15) is 11.3 Å². The summed E-state index contributed by atoms with van der Waals surface area (Å²) in [4.78, 5) is 15.9. The second-order valence-corrected chi connectivity index (χ2v) is 5.66. The molecule has 0 N–H and O–H groups in total. The van der Waals surface area contributed by atoms with Gasteiger partial charge < -0.3 is 0 Å². The number of pyridine rings is 1. The first-order valence-corrected chi connectivity index (χ1v) is 6.98. The smallest absolute Gasteiger partial charge is 0.209 e. The lowest BCUT2D eigenvalue weighted by molar-refractivity contribution is 1.16. The molecule has 5 heteroatoms. The van der Waals surface area contributed by atoms with Crippen molar-refractivity contribution in [1.29, 1.82) is 0 Å². The Labute approximate surface area is 127 Å². The molecule has 3 rings (SSSR count). The number of nitrogens with zero attached hydrogens (tertiary/aromatic N) is 3. The van der Waals surface area contributed by atoms with Crippen molar-refractivity contribution in [3.63, 3.8) is 0 Å². The van der Waals surface area contributed by atoms with Crippen LogP contribution in [-0.2, 0) is 0 Å². The Kier molecular flexibility index (Phi) is 3.26. The third-order valence-corrected chi connectivity index (χ3v) is 3.80. The maximum absolute atomic E-state index is 11.3. The molecule has 21 heavy (non-hydrogen) atoms. The summed E-state index contributed by atoms with van der Waals surface area (Å²) in [7, 11) is 0. The molecule has 4 nitrogen and oxygen atoms in total. The van der Waals surface area contributed by atoms with Crippen molar-refractivity contribution in [3.05, 3.63) is 57.1 Å².